The van der Waals surface area contributed by atoms with E-state index in [4.69, 9.17) is 4.74 Å². The van der Waals surface area contributed by atoms with Crippen LogP contribution in [0.25, 0.3) is 16.5 Å². The van der Waals surface area contributed by atoms with Crippen molar-refractivity contribution in [2.45, 2.75) is 0 Å². The fourth-order valence-corrected chi connectivity index (χ4v) is 2.83. The van der Waals surface area contributed by atoms with E-state index in [0.717, 1.165) is 10.8 Å². The highest BCUT2D eigenvalue weighted by Crippen LogP contribution is 2.25. The molecule has 0 fully saturated rings. The van der Waals surface area contributed by atoms with Gasteiger partial charge in [0.25, 0.3) is 5.91 Å². The number of nitrogens with one attached hydrogen (secondary N) is 1. The van der Waals surface area contributed by atoms with Crippen molar-refractivity contribution in [3.05, 3.63) is 78.8 Å². The van der Waals surface area contributed by atoms with Gasteiger partial charge in [0.15, 0.2) is 0 Å². The molecule has 6 nitrogen and oxygen atoms in total. The Morgan fingerprint density at radius 1 is 1.19 bits per heavy atom. The zero-order valence-electron chi connectivity index (χ0n) is 14.4. The van der Waals surface area contributed by atoms with Gasteiger partial charge in [-0.1, -0.05) is 18.2 Å². The van der Waals surface area contributed by atoms with Crippen LogP contribution in [0, 0.1) is 5.82 Å². The van der Waals surface area contributed by atoms with Crippen molar-refractivity contribution in [2.24, 2.45) is 0 Å². The molecule has 2 heterocycles. The molecule has 1 amide bonds. The standard InChI is InChI=1S/C20H15FN4O2/c1-27-20-15-5-3-2-4-13(15)10-17(24-20)19(26)23-14-6-7-18(16(21)11-14)25-9-8-22-12-25/h2-12H,1H3,(H,23,26). The summed E-state index contributed by atoms with van der Waals surface area (Å²) < 4.78 is 21.2. The summed E-state index contributed by atoms with van der Waals surface area (Å²) >= 11 is 0. The van der Waals surface area contributed by atoms with E-state index in [0.29, 0.717) is 17.3 Å². The normalized spacial score (nSPS) is 10.7. The monoisotopic (exact) mass is 362 g/mol. The number of carbonyl (C=O) groups is 1. The number of ether oxygens (including phenoxy) is 1. The van der Waals surface area contributed by atoms with E-state index in [2.05, 4.69) is 15.3 Å². The van der Waals surface area contributed by atoms with Crippen molar-refractivity contribution in [2.75, 3.05) is 12.4 Å². The number of halogens is 1. The maximum absolute atomic E-state index is 14.4. The van der Waals surface area contributed by atoms with Gasteiger partial charge in [-0.2, -0.15) is 0 Å². The van der Waals surface area contributed by atoms with Crippen LogP contribution in [0.1, 0.15) is 10.5 Å². The number of fused-ring (bicyclic) bond motifs is 1. The molecule has 0 saturated carbocycles. The lowest BCUT2D eigenvalue weighted by Crippen LogP contribution is -2.14. The van der Waals surface area contributed by atoms with E-state index in [1.54, 1.807) is 35.2 Å². The van der Waals surface area contributed by atoms with Gasteiger partial charge in [-0.3, -0.25) is 4.79 Å². The Bertz CT molecular complexity index is 1130. The van der Waals surface area contributed by atoms with Gasteiger partial charge in [0.1, 0.15) is 11.5 Å². The van der Waals surface area contributed by atoms with Gasteiger partial charge in [-0.05, 0) is 35.7 Å². The SMILES string of the molecule is COc1nc(C(=O)Nc2ccc(-n3ccnc3)c(F)c2)cc2ccccc12. The maximum Gasteiger partial charge on any atom is 0.274 e. The van der Waals surface area contributed by atoms with E-state index in [1.807, 2.05) is 24.3 Å². The first kappa shape index (κ1) is 16.7. The summed E-state index contributed by atoms with van der Waals surface area (Å²) in [6.07, 6.45) is 4.71. The molecule has 0 spiro atoms. The number of anilines is 1. The summed E-state index contributed by atoms with van der Waals surface area (Å²) in [6, 6.07) is 13.6. The Hall–Kier alpha value is -3.74. The molecule has 7 heteroatoms. The number of methoxy groups -OCH3 is 1. The second-order valence-electron chi connectivity index (χ2n) is 5.83. The molecule has 2 aromatic carbocycles. The first-order valence-electron chi connectivity index (χ1n) is 8.19. The molecule has 27 heavy (non-hydrogen) atoms. The van der Waals surface area contributed by atoms with E-state index < -0.39 is 11.7 Å². The van der Waals surface area contributed by atoms with E-state index >= 15 is 0 Å². The fourth-order valence-electron chi connectivity index (χ4n) is 2.83. The van der Waals surface area contributed by atoms with Crippen LogP contribution in [0.3, 0.4) is 0 Å². The minimum absolute atomic E-state index is 0.185. The van der Waals surface area contributed by atoms with Gasteiger partial charge in [0, 0.05) is 23.5 Å². The van der Waals surface area contributed by atoms with Crippen LogP contribution in [0.2, 0.25) is 0 Å². The summed E-state index contributed by atoms with van der Waals surface area (Å²) in [4.78, 5) is 20.7. The number of hydrogen-bond acceptors (Lipinski definition) is 4. The van der Waals surface area contributed by atoms with Crippen LogP contribution in [0.5, 0.6) is 5.88 Å². The Labute approximate surface area is 154 Å². The van der Waals surface area contributed by atoms with Crippen molar-refractivity contribution in [3.63, 3.8) is 0 Å². The van der Waals surface area contributed by atoms with Crippen LogP contribution in [-0.4, -0.2) is 27.6 Å². The number of pyridine rings is 1. The van der Waals surface area contributed by atoms with Crippen LogP contribution in [0.4, 0.5) is 10.1 Å². The second-order valence-corrected chi connectivity index (χ2v) is 5.83. The molecule has 0 aliphatic heterocycles. The Morgan fingerprint density at radius 3 is 2.78 bits per heavy atom. The number of aromatic nitrogens is 3. The summed E-state index contributed by atoms with van der Waals surface area (Å²) in [5.74, 6) is -0.566. The highest BCUT2D eigenvalue weighted by molar-refractivity contribution is 6.05. The molecule has 0 bridgehead atoms. The topological polar surface area (TPSA) is 69.0 Å². The number of hydrogen-bond donors (Lipinski definition) is 1. The number of amides is 1. The number of carbonyl (C=O) groups excluding carboxylic acids is 1. The van der Waals surface area contributed by atoms with Gasteiger partial charge in [-0.15, -0.1) is 0 Å². The summed E-state index contributed by atoms with van der Waals surface area (Å²) in [7, 11) is 1.50. The van der Waals surface area contributed by atoms with Crippen molar-refractivity contribution < 1.29 is 13.9 Å². The quantitative estimate of drug-likeness (QED) is 0.599. The van der Waals surface area contributed by atoms with Crippen molar-refractivity contribution in [3.8, 4) is 11.6 Å². The molecule has 4 rings (SSSR count). The Morgan fingerprint density at radius 2 is 2.04 bits per heavy atom. The zero-order valence-corrected chi connectivity index (χ0v) is 14.4. The fraction of sp³-hybridized carbons (Fsp3) is 0.0500. The average Bonchev–Trinajstić information content (AvgIpc) is 3.21. The Balaban J connectivity index is 1.63. The molecule has 1 N–H and O–H groups in total. The predicted octanol–water partition coefficient (Wildman–Crippen LogP) is 3.82. The van der Waals surface area contributed by atoms with Crippen molar-refractivity contribution in [1.29, 1.82) is 0 Å². The third-order valence-electron chi connectivity index (χ3n) is 4.12. The van der Waals surface area contributed by atoms with Crippen molar-refractivity contribution >= 4 is 22.4 Å². The lowest BCUT2D eigenvalue weighted by molar-refractivity contribution is 0.102. The molecule has 2 aromatic heterocycles. The van der Waals surface area contributed by atoms with Crippen LogP contribution in [-0.2, 0) is 0 Å². The number of benzene rings is 2. The van der Waals surface area contributed by atoms with Gasteiger partial charge in [0.2, 0.25) is 5.88 Å². The molecule has 0 radical (unpaired) electrons. The van der Waals surface area contributed by atoms with Gasteiger partial charge >= 0.3 is 0 Å². The van der Waals surface area contributed by atoms with Crippen LogP contribution < -0.4 is 10.1 Å². The molecule has 0 aliphatic carbocycles. The molecule has 134 valence electrons. The van der Waals surface area contributed by atoms with Crippen LogP contribution in [0.15, 0.2) is 67.3 Å². The van der Waals surface area contributed by atoms with Gasteiger partial charge in [-0.25, -0.2) is 14.4 Å². The van der Waals surface area contributed by atoms with E-state index in [1.165, 1.54) is 19.5 Å². The third-order valence-corrected chi connectivity index (χ3v) is 4.12. The van der Waals surface area contributed by atoms with Gasteiger partial charge in [0.05, 0.1) is 19.1 Å². The zero-order chi connectivity index (χ0) is 18.8. The molecule has 4 aromatic rings. The molecule has 0 aliphatic rings. The molecule has 0 atom stereocenters. The summed E-state index contributed by atoms with van der Waals surface area (Å²) in [5.41, 5.74) is 0.857. The highest BCUT2D eigenvalue weighted by atomic mass is 19.1. The lowest BCUT2D eigenvalue weighted by Gasteiger charge is -2.10. The van der Waals surface area contributed by atoms with Gasteiger partial charge < -0.3 is 14.6 Å². The van der Waals surface area contributed by atoms with E-state index in [9.17, 15) is 9.18 Å². The van der Waals surface area contributed by atoms with Crippen molar-refractivity contribution in [1.82, 2.24) is 14.5 Å². The molecular formula is C20H15FN4O2. The minimum Gasteiger partial charge on any atom is -0.481 e. The van der Waals surface area contributed by atoms with Crippen LogP contribution >= 0.6 is 0 Å². The summed E-state index contributed by atoms with van der Waals surface area (Å²) in [6.45, 7) is 0. The second kappa shape index (κ2) is 6.87. The largest absolute Gasteiger partial charge is 0.481 e. The smallest absolute Gasteiger partial charge is 0.274 e. The molecule has 0 unspecified atom stereocenters. The molecular weight excluding hydrogens is 347 g/mol. The maximum atomic E-state index is 14.4. The highest BCUT2D eigenvalue weighted by Gasteiger charge is 2.14. The average molecular weight is 362 g/mol. The first-order valence-corrected chi connectivity index (χ1v) is 8.19. The lowest BCUT2D eigenvalue weighted by atomic mass is 10.1. The number of rotatable bonds is 4. The number of nitrogens with zero attached hydrogens (tertiary/aromatic N) is 3. The number of imidazole rings is 1. The summed E-state index contributed by atoms with van der Waals surface area (Å²) in [5, 5.41) is 4.31. The predicted molar refractivity (Wildman–Crippen MR) is 99.8 cm³/mol. The first-order chi connectivity index (χ1) is 13.2. The Kier molecular flexibility index (Phi) is 4.25. The third kappa shape index (κ3) is 3.22. The molecule has 0 saturated heterocycles. The minimum atomic E-state index is -0.477. The van der Waals surface area contributed by atoms with E-state index in [-0.39, 0.29) is 5.69 Å².